The summed E-state index contributed by atoms with van der Waals surface area (Å²) < 4.78 is 13.9. The summed E-state index contributed by atoms with van der Waals surface area (Å²) >= 11 is 7.58. The van der Waals surface area contributed by atoms with Crippen molar-refractivity contribution in [2.45, 2.75) is 13.3 Å². The van der Waals surface area contributed by atoms with Gasteiger partial charge in [0.2, 0.25) is 5.95 Å². The fourth-order valence-corrected chi connectivity index (χ4v) is 3.18. The molecule has 1 aromatic carbocycles. The lowest BCUT2D eigenvalue weighted by Gasteiger charge is -2.09. The lowest BCUT2D eigenvalue weighted by Crippen LogP contribution is -2.01. The van der Waals surface area contributed by atoms with E-state index < -0.39 is 5.82 Å². The van der Waals surface area contributed by atoms with Gasteiger partial charge in [-0.15, -0.1) is 11.3 Å². The minimum absolute atomic E-state index is 0.141. The quantitative estimate of drug-likeness (QED) is 0.751. The van der Waals surface area contributed by atoms with Gasteiger partial charge in [0, 0.05) is 4.88 Å². The Morgan fingerprint density at radius 3 is 2.90 bits per heavy atom. The van der Waals surface area contributed by atoms with E-state index >= 15 is 0 Å². The van der Waals surface area contributed by atoms with Crippen LogP contribution in [0.4, 0.5) is 21.8 Å². The summed E-state index contributed by atoms with van der Waals surface area (Å²) in [5.74, 6) is 0.154. The zero-order chi connectivity index (χ0) is 15.0. The molecule has 0 fully saturated rings. The molecule has 0 saturated heterocycles. The van der Waals surface area contributed by atoms with Crippen molar-refractivity contribution in [2.24, 2.45) is 0 Å². The van der Waals surface area contributed by atoms with Crippen molar-refractivity contribution in [3.8, 4) is 0 Å². The van der Waals surface area contributed by atoms with Gasteiger partial charge in [0.15, 0.2) is 0 Å². The summed E-state index contributed by atoms with van der Waals surface area (Å²) in [4.78, 5) is 10.3. The standard InChI is InChI=1S/C14H12ClFN4S/c1-2-7-6-8-12(19-14(17)20-13(8)21-7)18-11-9(15)4-3-5-10(11)16/h3-6H,2H2,1H3,(H3,17,18,19,20). The van der Waals surface area contributed by atoms with Gasteiger partial charge in [-0.2, -0.15) is 4.98 Å². The van der Waals surface area contributed by atoms with Crippen molar-refractivity contribution in [2.75, 3.05) is 11.1 Å². The molecule has 2 aromatic heterocycles. The summed E-state index contributed by atoms with van der Waals surface area (Å²) in [6, 6.07) is 6.48. The van der Waals surface area contributed by atoms with Crippen LogP contribution < -0.4 is 11.1 Å². The van der Waals surface area contributed by atoms with Crippen LogP contribution in [0.25, 0.3) is 10.2 Å². The molecule has 2 heterocycles. The highest BCUT2D eigenvalue weighted by molar-refractivity contribution is 7.18. The average molecular weight is 323 g/mol. The first-order valence-electron chi connectivity index (χ1n) is 6.35. The number of halogens is 2. The Labute approximate surface area is 129 Å². The Bertz CT molecular complexity index is 798. The number of para-hydroxylation sites is 1. The average Bonchev–Trinajstić information content (AvgIpc) is 2.86. The summed E-state index contributed by atoms with van der Waals surface area (Å²) in [6.45, 7) is 2.06. The molecule has 0 aliphatic rings. The van der Waals surface area contributed by atoms with Crippen LogP contribution in [-0.4, -0.2) is 9.97 Å². The monoisotopic (exact) mass is 322 g/mol. The van der Waals surface area contributed by atoms with E-state index in [1.807, 2.05) is 6.07 Å². The highest BCUT2D eigenvalue weighted by atomic mass is 35.5. The minimum Gasteiger partial charge on any atom is -0.368 e. The Hall–Kier alpha value is -1.92. The number of anilines is 3. The molecule has 3 N–H and O–H groups in total. The van der Waals surface area contributed by atoms with E-state index in [9.17, 15) is 4.39 Å². The molecule has 108 valence electrons. The van der Waals surface area contributed by atoms with Gasteiger partial charge in [-0.3, -0.25) is 0 Å². The number of nitrogens with zero attached hydrogens (tertiary/aromatic N) is 2. The van der Waals surface area contributed by atoms with Crippen molar-refractivity contribution in [3.63, 3.8) is 0 Å². The highest BCUT2D eigenvalue weighted by Gasteiger charge is 2.13. The first-order valence-corrected chi connectivity index (χ1v) is 7.55. The normalized spacial score (nSPS) is 11.0. The Kier molecular flexibility index (Phi) is 3.65. The zero-order valence-corrected chi connectivity index (χ0v) is 12.7. The van der Waals surface area contributed by atoms with E-state index in [2.05, 4.69) is 22.2 Å². The van der Waals surface area contributed by atoms with Crippen LogP contribution in [0.15, 0.2) is 24.3 Å². The second-order valence-electron chi connectivity index (χ2n) is 4.44. The second kappa shape index (κ2) is 5.46. The number of hydrogen-bond donors (Lipinski definition) is 2. The van der Waals surface area contributed by atoms with Crippen LogP contribution >= 0.6 is 22.9 Å². The fourth-order valence-electron chi connectivity index (χ4n) is 1.99. The molecule has 0 atom stereocenters. The molecule has 0 aliphatic carbocycles. The molecule has 3 rings (SSSR count). The number of fused-ring (bicyclic) bond motifs is 1. The van der Waals surface area contributed by atoms with Gasteiger partial charge in [0.1, 0.15) is 16.5 Å². The number of aromatic nitrogens is 2. The third kappa shape index (κ3) is 2.64. The molecule has 0 radical (unpaired) electrons. The summed E-state index contributed by atoms with van der Waals surface area (Å²) in [5, 5.41) is 4.02. The Morgan fingerprint density at radius 2 is 2.19 bits per heavy atom. The van der Waals surface area contributed by atoms with E-state index in [1.54, 1.807) is 23.5 Å². The van der Waals surface area contributed by atoms with E-state index in [0.717, 1.165) is 21.5 Å². The molecular weight excluding hydrogens is 311 g/mol. The molecule has 0 unspecified atom stereocenters. The molecular formula is C14H12ClFN4S. The number of nitrogens with two attached hydrogens (primary N) is 1. The summed E-state index contributed by atoms with van der Waals surface area (Å²) in [5.41, 5.74) is 5.91. The van der Waals surface area contributed by atoms with Crippen molar-refractivity contribution in [1.29, 1.82) is 0 Å². The molecule has 0 spiro atoms. The summed E-state index contributed by atoms with van der Waals surface area (Å²) in [7, 11) is 0. The molecule has 21 heavy (non-hydrogen) atoms. The number of nitrogen functional groups attached to an aromatic ring is 1. The maximum Gasteiger partial charge on any atom is 0.223 e. The van der Waals surface area contributed by atoms with Crippen LogP contribution in [0.2, 0.25) is 5.02 Å². The van der Waals surface area contributed by atoms with E-state index in [1.165, 1.54) is 6.07 Å². The van der Waals surface area contributed by atoms with Gasteiger partial charge in [0.05, 0.1) is 16.1 Å². The minimum atomic E-state index is -0.446. The molecule has 0 aliphatic heterocycles. The van der Waals surface area contributed by atoms with Crippen molar-refractivity contribution >= 4 is 50.6 Å². The van der Waals surface area contributed by atoms with Crippen molar-refractivity contribution in [3.05, 3.63) is 40.0 Å². The lowest BCUT2D eigenvalue weighted by atomic mass is 10.2. The molecule has 7 heteroatoms. The second-order valence-corrected chi connectivity index (χ2v) is 5.96. The maximum atomic E-state index is 13.9. The third-order valence-corrected chi connectivity index (χ3v) is 4.50. The Balaban J connectivity index is 2.13. The fraction of sp³-hybridized carbons (Fsp3) is 0.143. The third-order valence-electron chi connectivity index (χ3n) is 3.02. The van der Waals surface area contributed by atoms with Gasteiger partial charge < -0.3 is 11.1 Å². The molecule has 3 aromatic rings. The number of rotatable bonds is 3. The molecule has 4 nitrogen and oxygen atoms in total. The Morgan fingerprint density at radius 1 is 1.38 bits per heavy atom. The highest BCUT2D eigenvalue weighted by Crippen LogP contribution is 2.34. The number of hydrogen-bond acceptors (Lipinski definition) is 5. The number of benzene rings is 1. The van der Waals surface area contributed by atoms with Crippen molar-refractivity contribution < 1.29 is 4.39 Å². The smallest absolute Gasteiger partial charge is 0.223 e. The topological polar surface area (TPSA) is 63.8 Å². The number of thiophene rings is 1. The van der Waals surface area contributed by atoms with Gasteiger partial charge >= 0.3 is 0 Å². The first-order chi connectivity index (χ1) is 10.1. The van der Waals surface area contributed by atoms with Crippen LogP contribution in [0.1, 0.15) is 11.8 Å². The first kappa shape index (κ1) is 14.0. The van der Waals surface area contributed by atoms with E-state index in [4.69, 9.17) is 17.3 Å². The van der Waals surface area contributed by atoms with E-state index in [0.29, 0.717) is 5.82 Å². The zero-order valence-electron chi connectivity index (χ0n) is 11.2. The van der Waals surface area contributed by atoms with Gasteiger partial charge in [-0.1, -0.05) is 24.6 Å². The van der Waals surface area contributed by atoms with Crippen molar-refractivity contribution in [1.82, 2.24) is 9.97 Å². The predicted octanol–water partition coefficient (Wildman–Crippen LogP) is 4.37. The SMILES string of the molecule is CCc1cc2c(Nc3c(F)cccc3Cl)nc(N)nc2s1. The van der Waals surface area contributed by atoms with Crippen LogP contribution in [0, 0.1) is 5.82 Å². The predicted molar refractivity (Wildman–Crippen MR) is 85.9 cm³/mol. The molecule has 0 amide bonds. The van der Waals surface area contributed by atoms with Gasteiger partial charge in [-0.05, 0) is 24.6 Å². The lowest BCUT2D eigenvalue weighted by molar-refractivity contribution is 0.632. The molecule has 0 bridgehead atoms. The summed E-state index contributed by atoms with van der Waals surface area (Å²) in [6.07, 6.45) is 0.890. The van der Waals surface area contributed by atoms with E-state index in [-0.39, 0.29) is 16.7 Å². The van der Waals surface area contributed by atoms with Gasteiger partial charge in [-0.25, -0.2) is 9.37 Å². The number of nitrogens with one attached hydrogen (secondary N) is 1. The number of aryl methyl sites for hydroxylation is 1. The molecule has 0 saturated carbocycles. The van der Waals surface area contributed by atoms with Gasteiger partial charge in [0.25, 0.3) is 0 Å². The van der Waals surface area contributed by atoms with Crippen LogP contribution in [-0.2, 0) is 6.42 Å². The van der Waals surface area contributed by atoms with Crippen LogP contribution in [0.5, 0.6) is 0 Å². The van der Waals surface area contributed by atoms with Crippen LogP contribution in [0.3, 0.4) is 0 Å². The largest absolute Gasteiger partial charge is 0.368 e. The maximum absolute atomic E-state index is 13.9.